The first-order valence-electron chi connectivity index (χ1n) is 5.87. The Kier molecular flexibility index (Phi) is 3.84. The predicted molar refractivity (Wildman–Crippen MR) is 65.1 cm³/mol. The SMILES string of the molecule is COC(=O)CCOC1c2ccc(O)cc2CC1N. The van der Waals surface area contributed by atoms with Crippen LogP contribution in [0.2, 0.25) is 0 Å². The van der Waals surface area contributed by atoms with Gasteiger partial charge in [0.15, 0.2) is 0 Å². The van der Waals surface area contributed by atoms with Gasteiger partial charge in [0.2, 0.25) is 0 Å². The number of fused-ring (bicyclic) bond motifs is 1. The Bertz CT molecular complexity index is 447. The minimum absolute atomic E-state index is 0.139. The lowest BCUT2D eigenvalue weighted by Crippen LogP contribution is -2.27. The second kappa shape index (κ2) is 5.37. The summed E-state index contributed by atoms with van der Waals surface area (Å²) in [7, 11) is 1.35. The average molecular weight is 251 g/mol. The first kappa shape index (κ1) is 12.9. The fraction of sp³-hybridized carbons (Fsp3) is 0.462. The van der Waals surface area contributed by atoms with Crippen LogP contribution < -0.4 is 5.73 Å². The van der Waals surface area contributed by atoms with Gasteiger partial charge in [-0.05, 0) is 29.7 Å². The number of phenolic OH excluding ortho intramolecular Hbond substituents is 1. The smallest absolute Gasteiger partial charge is 0.307 e. The molecule has 18 heavy (non-hydrogen) atoms. The van der Waals surface area contributed by atoms with Crippen molar-refractivity contribution < 1.29 is 19.4 Å². The molecule has 0 radical (unpaired) electrons. The Hall–Kier alpha value is -1.59. The normalized spacial score (nSPS) is 21.7. The summed E-state index contributed by atoms with van der Waals surface area (Å²) >= 11 is 0. The van der Waals surface area contributed by atoms with Gasteiger partial charge in [-0.15, -0.1) is 0 Å². The van der Waals surface area contributed by atoms with Crippen molar-refractivity contribution in [3.05, 3.63) is 29.3 Å². The number of aromatic hydroxyl groups is 1. The number of esters is 1. The van der Waals surface area contributed by atoms with Crippen LogP contribution in [0.25, 0.3) is 0 Å². The molecule has 2 rings (SSSR count). The van der Waals surface area contributed by atoms with E-state index in [-0.39, 0.29) is 36.9 Å². The van der Waals surface area contributed by atoms with Gasteiger partial charge >= 0.3 is 5.97 Å². The molecule has 98 valence electrons. The highest BCUT2D eigenvalue weighted by molar-refractivity contribution is 5.69. The van der Waals surface area contributed by atoms with Gasteiger partial charge in [0.05, 0.1) is 26.2 Å². The van der Waals surface area contributed by atoms with Gasteiger partial charge in [-0.2, -0.15) is 0 Å². The molecular weight excluding hydrogens is 234 g/mol. The lowest BCUT2D eigenvalue weighted by Gasteiger charge is -2.17. The van der Waals surface area contributed by atoms with Crippen LogP contribution in [0.1, 0.15) is 23.7 Å². The second-order valence-electron chi connectivity index (χ2n) is 4.37. The molecule has 0 saturated carbocycles. The van der Waals surface area contributed by atoms with Crippen molar-refractivity contribution in [2.45, 2.75) is 25.0 Å². The van der Waals surface area contributed by atoms with Crippen molar-refractivity contribution in [3.8, 4) is 5.75 Å². The minimum atomic E-state index is -0.299. The van der Waals surface area contributed by atoms with Crippen LogP contribution in [0, 0.1) is 0 Å². The molecule has 0 spiro atoms. The Morgan fingerprint density at radius 3 is 3.06 bits per heavy atom. The molecule has 2 unspecified atom stereocenters. The maximum absolute atomic E-state index is 11.0. The second-order valence-corrected chi connectivity index (χ2v) is 4.37. The van der Waals surface area contributed by atoms with Crippen LogP contribution >= 0.6 is 0 Å². The summed E-state index contributed by atoms with van der Waals surface area (Å²) in [5.41, 5.74) is 8.00. The molecular formula is C13H17NO4. The average Bonchev–Trinajstić information content (AvgIpc) is 2.64. The van der Waals surface area contributed by atoms with E-state index < -0.39 is 0 Å². The molecule has 0 heterocycles. The van der Waals surface area contributed by atoms with E-state index in [1.165, 1.54) is 7.11 Å². The summed E-state index contributed by atoms with van der Waals surface area (Å²) in [4.78, 5) is 11.0. The van der Waals surface area contributed by atoms with Crippen molar-refractivity contribution in [2.24, 2.45) is 5.73 Å². The zero-order chi connectivity index (χ0) is 13.1. The summed E-state index contributed by atoms with van der Waals surface area (Å²) in [6.45, 7) is 0.283. The first-order chi connectivity index (χ1) is 8.61. The van der Waals surface area contributed by atoms with Gasteiger partial charge < -0.3 is 20.3 Å². The van der Waals surface area contributed by atoms with E-state index in [1.54, 1.807) is 12.1 Å². The molecule has 0 amide bonds. The van der Waals surface area contributed by atoms with Crippen molar-refractivity contribution in [1.82, 2.24) is 0 Å². The minimum Gasteiger partial charge on any atom is -0.508 e. The summed E-state index contributed by atoms with van der Waals surface area (Å²) in [5.74, 6) is -0.0661. The van der Waals surface area contributed by atoms with Crippen LogP contribution in [-0.2, 0) is 20.7 Å². The molecule has 1 aromatic rings. The number of benzene rings is 1. The number of ether oxygens (including phenoxy) is 2. The number of carbonyl (C=O) groups excluding carboxylic acids is 1. The molecule has 1 aliphatic rings. The van der Waals surface area contributed by atoms with E-state index in [1.807, 2.05) is 6.07 Å². The lowest BCUT2D eigenvalue weighted by molar-refractivity contribution is -0.142. The van der Waals surface area contributed by atoms with Crippen molar-refractivity contribution in [1.29, 1.82) is 0 Å². The topological polar surface area (TPSA) is 81.8 Å². The third-order valence-corrected chi connectivity index (χ3v) is 3.11. The number of nitrogens with two attached hydrogens (primary N) is 1. The van der Waals surface area contributed by atoms with Gasteiger partial charge in [0.25, 0.3) is 0 Å². The summed E-state index contributed by atoms with van der Waals surface area (Å²) < 4.78 is 10.2. The Morgan fingerprint density at radius 2 is 2.33 bits per heavy atom. The highest BCUT2D eigenvalue weighted by atomic mass is 16.5. The van der Waals surface area contributed by atoms with Crippen molar-refractivity contribution in [3.63, 3.8) is 0 Å². The highest BCUT2D eigenvalue weighted by Crippen LogP contribution is 2.35. The Labute approximate surface area is 106 Å². The van der Waals surface area contributed by atoms with Gasteiger partial charge in [-0.3, -0.25) is 4.79 Å². The summed E-state index contributed by atoms with van der Waals surface area (Å²) in [5, 5.41) is 9.41. The molecule has 5 nitrogen and oxygen atoms in total. The molecule has 1 aromatic carbocycles. The summed E-state index contributed by atoms with van der Waals surface area (Å²) in [6, 6.07) is 5.01. The van der Waals surface area contributed by atoms with Gasteiger partial charge in [0, 0.05) is 6.04 Å². The monoisotopic (exact) mass is 251 g/mol. The van der Waals surface area contributed by atoms with Gasteiger partial charge in [-0.1, -0.05) is 6.07 Å². The quantitative estimate of drug-likeness (QED) is 0.777. The number of rotatable bonds is 4. The largest absolute Gasteiger partial charge is 0.508 e. The van der Waals surface area contributed by atoms with E-state index in [9.17, 15) is 9.90 Å². The number of carbonyl (C=O) groups is 1. The number of hydrogen-bond acceptors (Lipinski definition) is 5. The maximum Gasteiger partial charge on any atom is 0.307 e. The molecule has 0 bridgehead atoms. The van der Waals surface area contributed by atoms with Crippen LogP contribution in [0.4, 0.5) is 0 Å². The molecule has 0 aliphatic heterocycles. The number of phenols is 1. The Balaban J connectivity index is 2.00. The standard InChI is InChI=1S/C13H17NO4/c1-17-12(16)4-5-18-13-10-3-2-9(15)6-8(10)7-11(13)14/h2-3,6,11,13,15H,4-5,7,14H2,1H3. The molecule has 0 saturated heterocycles. The summed E-state index contributed by atoms with van der Waals surface area (Å²) in [6.07, 6.45) is 0.671. The zero-order valence-electron chi connectivity index (χ0n) is 10.3. The third kappa shape index (κ3) is 2.63. The lowest BCUT2D eigenvalue weighted by atomic mass is 10.1. The predicted octanol–water partition coefficient (Wildman–Crippen LogP) is 0.896. The molecule has 0 fully saturated rings. The molecule has 2 atom stereocenters. The Morgan fingerprint density at radius 1 is 1.56 bits per heavy atom. The van der Waals surface area contributed by atoms with E-state index >= 15 is 0 Å². The zero-order valence-corrected chi connectivity index (χ0v) is 10.3. The molecule has 0 aromatic heterocycles. The van der Waals surface area contributed by atoms with E-state index in [2.05, 4.69) is 4.74 Å². The van der Waals surface area contributed by atoms with Crippen molar-refractivity contribution in [2.75, 3.05) is 13.7 Å². The molecule has 1 aliphatic carbocycles. The van der Waals surface area contributed by atoms with Crippen LogP contribution in [0.3, 0.4) is 0 Å². The maximum atomic E-state index is 11.0. The van der Waals surface area contributed by atoms with Crippen LogP contribution in [-0.4, -0.2) is 30.8 Å². The fourth-order valence-electron chi connectivity index (χ4n) is 2.22. The van der Waals surface area contributed by atoms with Crippen LogP contribution in [0.5, 0.6) is 5.75 Å². The number of methoxy groups -OCH3 is 1. The molecule has 5 heteroatoms. The highest BCUT2D eigenvalue weighted by Gasteiger charge is 2.30. The van der Waals surface area contributed by atoms with E-state index in [4.69, 9.17) is 10.5 Å². The molecule has 3 N–H and O–H groups in total. The third-order valence-electron chi connectivity index (χ3n) is 3.11. The van der Waals surface area contributed by atoms with Crippen molar-refractivity contribution >= 4 is 5.97 Å². The first-order valence-corrected chi connectivity index (χ1v) is 5.87. The fourth-order valence-corrected chi connectivity index (χ4v) is 2.22. The van der Waals surface area contributed by atoms with Gasteiger partial charge in [0.1, 0.15) is 5.75 Å². The van der Waals surface area contributed by atoms with E-state index in [0.717, 1.165) is 11.1 Å². The van der Waals surface area contributed by atoms with Crippen LogP contribution in [0.15, 0.2) is 18.2 Å². The van der Waals surface area contributed by atoms with E-state index in [0.29, 0.717) is 6.42 Å². The van der Waals surface area contributed by atoms with Gasteiger partial charge in [-0.25, -0.2) is 0 Å². The number of hydrogen-bond donors (Lipinski definition) is 2.